The quantitative estimate of drug-likeness (QED) is 0.786. The minimum absolute atomic E-state index is 0. The van der Waals surface area contributed by atoms with Crippen molar-refractivity contribution < 1.29 is 27.5 Å². The highest BCUT2D eigenvalue weighted by Crippen LogP contribution is 2.29. The molecule has 2 N–H and O–H groups in total. The summed E-state index contributed by atoms with van der Waals surface area (Å²) in [5.74, 6) is -0.914. The fourth-order valence-corrected chi connectivity index (χ4v) is 3.33. The van der Waals surface area contributed by atoms with Crippen LogP contribution in [0, 0.1) is 0 Å². The average molecular weight is 408 g/mol. The molecule has 1 aromatic rings. The second kappa shape index (κ2) is 8.79. The molecule has 2 aliphatic heterocycles. The van der Waals surface area contributed by atoms with Gasteiger partial charge in [0, 0.05) is 30.8 Å². The van der Waals surface area contributed by atoms with Crippen molar-refractivity contribution in [1.82, 2.24) is 10.6 Å². The summed E-state index contributed by atoms with van der Waals surface area (Å²) in [5.41, 5.74) is 0.311. The first-order valence-corrected chi connectivity index (χ1v) is 8.52. The summed E-state index contributed by atoms with van der Waals surface area (Å²) in [6, 6.07) is 4.74. The number of carbonyl (C=O) groups excluding carboxylic acids is 2. The van der Waals surface area contributed by atoms with Gasteiger partial charge in [0.15, 0.2) is 0 Å². The summed E-state index contributed by atoms with van der Waals surface area (Å²) in [6.45, 7) is 1.21. The molecule has 3 rings (SSSR count). The SMILES string of the molecule is Cl.O=C(CC1CCCN1)NC1CCN(c2cccc(OC(F)(F)F)c2)C1=O. The number of nitrogens with zero attached hydrogens (tertiary/aromatic N) is 1. The molecule has 150 valence electrons. The Hall–Kier alpha value is -2.00. The third-order valence-corrected chi connectivity index (χ3v) is 4.50. The van der Waals surface area contributed by atoms with Gasteiger partial charge in [-0.15, -0.1) is 25.6 Å². The lowest BCUT2D eigenvalue weighted by atomic mass is 10.1. The van der Waals surface area contributed by atoms with Crippen LogP contribution in [0.2, 0.25) is 0 Å². The Bertz CT molecular complexity index is 681. The minimum Gasteiger partial charge on any atom is -0.406 e. The Morgan fingerprint density at radius 2 is 2.11 bits per heavy atom. The monoisotopic (exact) mass is 407 g/mol. The van der Waals surface area contributed by atoms with Gasteiger partial charge in [-0.3, -0.25) is 9.59 Å². The van der Waals surface area contributed by atoms with Gasteiger partial charge in [0.1, 0.15) is 11.8 Å². The van der Waals surface area contributed by atoms with E-state index >= 15 is 0 Å². The van der Waals surface area contributed by atoms with Crippen LogP contribution in [-0.2, 0) is 9.59 Å². The van der Waals surface area contributed by atoms with Crippen LogP contribution in [0.25, 0.3) is 0 Å². The van der Waals surface area contributed by atoms with Crippen LogP contribution in [0.3, 0.4) is 0 Å². The van der Waals surface area contributed by atoms with E-state index in [2.05, 4.69) is 15.4 Å². The zero-order valence-corrected chi connectivity index (χ0v) is 15.2. The zero-order valence-electron chi connectivity index (χ0n) is 14.4. The van der Waals surface area contributed by atoms with Gasteiger partial charge in [-0.2, -0.15) is 0 Å². The summed E-state index contributed by atoms with van der Waals surface area (Å²) in [7, 11) is 0. The van der Waals surface area contributed by atoms with Crippen molar-refractivity contribution in [2.45, 2.75) is 44.1 Å². The van der Waals surface area contributed by atoms with Crippen LogP contribution in [0.1, 0.15) is 25.7 Å². The van der Waals surface area contributed by atoms with Gasteiger partial charge in [0.25, 0.3) is 0 Å². The molecule has 2 aliphatic rings. The van der Waals surface area contributed by atoms with E-state index in [1.807, 2.05) is 0 Å². The molecule has 2 atom stereocenters. The molecule has 0 radical (unpaired) electrons. The number of hydrogen-bond donors (Lipinski definition) is 2. The first-order chi connectivity index (χ1) is 12.3. The summed E-state index contributed by atoms with van der Waals surface area (Å²) >= 11 is 0. The van der Waals surface area contributed by atoms with Crippen molar-refractivity contribution in [1.29, 1.82) is 0 Å². The lowest BCUT2D eigenvalue weighted by molar-refractivity contribution is -0.274. The summed E-state index contributed by atoms with van der Waals surface area (Å²) in [6.07, 6.45) is -2.10. The molecule has 2 unspecified atom stereocenters. The number of carbonyl (C=O) groups is 2. The number of amides is 2. The molecule has 2 fully saturated rings. The lowest BCUT2D eigenvalue weighted by Gasteiger charge is -2.19. The number of halogens is 4. The number of alkyl halides is 3. The minimum atomic E-state index is -4.79. The summed E-state index contributed by atoms with van der Waals surface area (Å²) in [4.78, 5) is 26.0. The Morgan fingerprint density at radius 1 is 1.33 bits per heavy atom. The van der Waals surface area contributed by atoms with E-state index in [9.17, 15) is 22.8 Å². The van der Waals surface area contributed by atoms with Gasteiger partial charge in [-0.25, -0.2) is 0 Å². The fourth-order valence-electron chi connectivity index (χ4n) is 3.33. The average Bonchev–Trinajstić information content (AvgIpc) is 3.17. The Labute approximate surface area is 160 Å². The van der Waals surface area contributed by atoms with Gasteiger partial charge >= 0.3 is 6.36 Å². The second-order valence-electron chi connectivity index (χ2n) is 6.44. The lowest BCUT2D eigenvalue weighted by Crippen LogP contribution is -2.43. The molecule has 0 aliphatic carbocycles. The maximum Gasteiger partial charge on any atom is 0.573 e. The molecule has 0 saturated carbocycles. The van der Waals surface area contributed by atoms with Gasteiger partial charge in [0.2, 0.25) is 11.8 Å². The molecule has 0 spiro atoms. The maximum atomic E-state index is 12.5. The molecular weight excluding hydrogens is 387 g/mol. The molecule has 27 heavy (non-hydrogen) atoms. The van der Waals surface area contributed by atoms with E-state index < -0.39 is 12.4 Å². The number of ether oxygens (including phenoxy) is 1. The summed E-state index contributed by atoms with van der Waals surface area (Å²) < 4.78 is 40.9. The summed E-state index contributed by atoms with van der Waals surface area (Å²) in [5, 5.41) is 5.95. The topological polar surface area (TPSA) is 70.7 Å². The molecule has 0 bridgehead atoms. The normalized spacial score (nSPS) is 22.5. The molecule has 1 aromatic carbocycles. The van der Waals surface area contributed by atoms with Gasteiger partial charge < -0.3 is 20.3 Å². The van der Waals surface area contributed by atoms with E-state index in [0.717, 1.165) is 25.5 Å². The molecular formula is C17H21ClF3N3O3. The molecule has 2 saturated heterocycles. The second-order valence-corrected chi connectivity index (χ2v) is 6.44. The third kappa shape index (κ3) is 5.74. The highest BCUT2D eigenvalue weighted by atomic mass is 35.5. The molecule has 2 amide bonds. The van der Waals surface area contributed by atoms with Crippen molar-refractivity contribution in [3.8, 4) is 5.75 Å². The number of nitrogens with one attached hydrogen (secondary N) is 2. The fraction of sp³-hybridized carbons (Fsp3) is 0.529. The first-order valence-electron chi connectivity index (χ1n) is 8.52. The number of benzene rings is 1. The maximum absolute atomic E-state index is 12.5. The first kappa shape index (κ1) is 21.3. The predicted octanol–water partition coefficient (Wildman–Crippen LogP) is 2.37. The molecule has 2 heterocycles. The van der Waals surface area contributed by atoms with Gasteiger partial charge in [-0.1, -0.05) is 6.07 Å². The Balaban J connectivity index is 0.00000261. The Kier molecular flexibility index (Phi) is 6.94. The van der Waals surface area contributed by atoms with Crippen molar-refractivity contribution >= 4 is 29.9 Å². The van der Waals surface area contributed by atoms with E-state index in [-0.39, 0.29) is 36.0 Å². The van der Waals surface area contributed by atoms with Gasteiger partial charge in [-0.05, 0) is 37.9 Å². The highest BCUT2D eigenvalue weighted by molar-refractivity contribution is 6.01. The largest absolute Gasteiger partial charge is 0.573 e. The zero-order chi connectivity index (χ0) is 18.7. The van der Waals surface area contributed by atoms with Crippen molar-refractivity contribution in [2.24, 2.45) is 0 Å². The van der Waals surface area contributed by atoms with Crippen LogP contribution >= 0.6 is 12.4 Å². The molecule has 6 nitrogen and oxygen atoms in total. The molecule has 10 heteroatoms. The van der Waals surface area contributed by atoms with Crippen LogP contribution in [-0.4, -0.2) is 43.3 Å². The predicted molar refractivity (Wildman–Crippen MR) is 94.9 cm³/mol. The van der Waals surface area contributed by atoms with Crippen LogP contribution in [0.4, 0.5) is 18.9 Å². The van der Waals surface area contributed by atoms with Gasteiger partial charge in [0.05, 0.1) is 0 Å². The third-order valence-electron chi connectivity index (χ3n) is 4.50. The Morgan fingerprint density at radius 3 is 2.78 bits per heavy atom. The standard InChI is InChI=1S/C17H20F3N3O3.ClH/c18-17(19,20)26-13-5-1-4-12(10-13)23-8-6-14(16(23)25)22-15(24)9-11-3-2-7-21-11;/h1,4-5,10-11,14,21H,2-3,6-9H2,(H,22,24);1H. The van der Waals surface area contributed by atoms with Crippen molar-refractivity contribution in [3.05, 3.63) is 24.3 Å². The van der Waals surface area contributed by atoms with Crippen molar-refractivity contribution in [2.75, 3.05) is 18.0 Å². The highest BCUT2D eigenvalue weighted by Gasteiger charge is 2.35. The molecule has 0 aromatic heterocycles. The number of hydrogen-bond acceptors (Lipinski definition) is 4. The van der Waals surface area contributed by atoms with E-state index in [1.165, 1.54) is 23.1 Å². The smallest absolute Gasteiger partial charge is 0.406 e. The van der Waals surface area contributed by atoms with E-state index in [1.54, 1.807) is 0 Å². The van der Waals surface area contributed by atoms with Crippen LogP contribution in [0.5, 0.6) is 5.75 Å². The van der Waals surface area contributed by atoms with E-state index in [0.29, 0.717) is 25.1 Å². The van der Waals surface area contributed by atoms with Crippen molar-refractivity contribution in [3.63, 3.8) is 0 Å². The van der Waals surface area contributed by atoms with Crippen LogP contribution in [0.15, 0.2) is 24.3 Å². The number of anilines is 1. The van der Waals surface area contributed by atoms with Crippen LogP contribution < -0.4 is 20.3 Å². The van der Waals surface area contributed by atoms with E-state index in [4.69, 9.17) is 0 Å². The number of rotatable bonds is 5.